The van der Waals surface area contributed by atoms with Gasteiger partial charge in [0.2, 0.25) is 0 Å². The van der Waals surface area contributed by atoms with E-state index in [0.29, 0.717) is 12.5 Å². The lowest BCUT2D eigenvalue weighted by molar-refractivity contribution is 0.145. The Balaban J connectivity index is 0.00000338. The van der Waals surface area contributed by atoms with Gasteiger partial charge in [-0.1, -0.05) is 31.2 Å². The van der Waals surface area contributed by atoms with Crippen LogP contribution in [0.25, 0.3) is 0 Å². The number of nitrogens with two attached hydrogens (primary N) is 1. The average molecular weight is 474 g/mol. The molecule has 1 saturated heterocycles. The van der Waals surface area contributed by atoms with Crippen LogP contribution in [0.3, 0.4) is 0 Å². The lowest BCUT2D eigenvalue weighted by Crippen LogP contribution is -2.32. The smallest absolute Gasteiger partial charge is 0.188 e. The summed E-state index contributed by atoms with van der Waals surface area (Å²) in [6.45, 7) is 10.8. The van der Waals surface area contributed by atoms with E-state index in [2.05, 4.69) is 46.4 Å². The van der Waals surface area contributed by atoms with Crippen LogP contribution in [-0.4, -0.2) is 43.7 Å². The maximum atomic E-state index is 5.89. The van der Waals surface area contributed by atoms with Crippen molar-refractivity contribution >= 4 is 29.9 Å². The van der Waals surface area contributed by atoms with Gasteiger partial charge in [0.15, 0.2) is 5.96 Å². The van der Waals surface area contributed by atoms with Crippen LogP contribution in [0.2, 0.25) is 0 Å². The average Bonchev–Trinajstić information content (AvgIpc) is 2.63. The van der Waals surface area contributed by atoms with Gasteiger partial charge in [-0.2, -0.15) is 0 Å². The van der Waals surface area contributed by atoms with Crippen molar-refractivity contribution in [1.82, 2.24) is 10.2 Å². The van der Waals surface area contributed by atoms with Crippen LogP contribution < -0.4 is 11.1 Å². The Labute approximate surface area is 175 Å². The quantitative estimate of drug-likeness (QED) is 0.249. The third-order valence-electron chi connectivity index (χ3n) is 4.71. The summed E-state index contributed by atoms with van der Waals surface area (Å²) in [7, 11) is 0. The Morgan fingerprint density at radius 1 is 1.23 bits per heavy atom. The van der Waals surface area contributed by atoms with Crippen LogP contribution in [0.4, 0.5) is 0 Å². The van der Waals surface area contributed by atoms with Gasteiger partial charge >= 0.3 is 0 Å². The van der Waals surface area contributed by atoms with Crippen molar-refractivity contribution in [2.75, 3.05) is 32.8 Å². The van der Waals surface area contributed by atoms with Gasteiger partial charge in [0.25, 0.3) is 0 Å². The highest BCUT2D eigenvalue weighted by Crippen LogP contribution is 2.18. The molecule has 0 bridgehead atoms. The number of likely N-dealkylation sites (tertiary alicyclic amines) is 1. The summed E-state index contributed by atoms with van der Waals surface area (Å²) in [5, 5.41) is 3.12. The number of guanidine groups is 1. The van der Waals surface area contributed by atoms with Crippen molar-refractivity contribution in [3.8, 4) is 0 Å². The molecular formula is C20H35IN4O. The summed E-state index contributed by atoms with van der Waals surface area (Å²) in [5.41, 5.74) is 8.46. The first-order chi connectivity index (χ1) is 12.2. The number of piperidine rings is 1. The minimum absolute atomic E-state index is 0. The normalized spacial score (nSPS) is 16.3. The highest BCUT2D eigenvalue weighted by atomic mass is 127. The Kier molecular flexibility index (Phi) is 11.9. The van der Waals surface area contributed by atoms with Gasteiger partial charge in [-0.25, -0.2) is 4.99 Å². The van der Waals surface area contributed by atoms with E-state index in [4.69, 9.17) is 10.5 Å². The lowest BCUT2D eigenvalue weighted by atomic mass is 9.99. The number of aliphatic imine (C=N–C) groups is 1. The van der Waals surface area contributed by atoms with Crippen molar-refractivity contribution in [2.24, 2.45) is 16.6 Å². The molecule has 1 aliphatic rings. The largest absolute Gasteiger partial charge is 0.382 e. The zero-order valence-electron chi connectivity index (χ0n) is 16.2. The van der Waals surface area contributed by atoms with Crippen molar-refractivity contribution < 1.29 is 4.74 Å². The Bertz CT molecular complexity index is 513. The number of nitrogens with one attached hydrogen (secondary N) is 1. The van der Waals surface area contributed by atoms with E-state index < -0.39 is 0 Å². The molecule has 6 heteroatoms. The van der Waals surface area contributed by atoms with Crippen LogP contribution in [0.15, 0.2) is 29.3 Å². The number of rotatable bonds is 9. The Morgan fingerprint density at radius 3 is 2.54 bits per heavy atom. The highest BCUT2D eigenvalue weighted by molar-refractivity contribution is 14.0. The van der Waals surface area contributed by atoms with Gasteiger partial charge < -0.3 is 15.8 Å². The van der Waals surface area contributed by atoms with Gasteiger partial charge in [0.05, 0.1) is 6.54 Å². The van der Waals surface area contributed by atoms with E-state index in [1.54, 1.807) is 0 Å². The molecule has 3 N–H and O–H groups in total. The highest BCUT2D eigenvalue weighted by Gasteiger charge is 2.15. The Hall–Kier alpha value is -0.860. The molecule has 1 fully saturated rings. The van der Waals surface area contributed by atoms with Gasteiger partial charge in [0, 0.05) is 26.3 Å². The molecule has 0 radical (unpaired) electrons. The van der Waals surface area contributed by atoms with Crippen molar-refractivity contribution in [3.05, 3.63) is 35.4 Å². The van der Waals surface area contributed by atoms with Gasteiger partial charge in [-0.3, -0.25) is 4.90 Å². The standard InChI is InChI=1S/C20H34N4O.HI/c1-3-25-14-4-11-22-20(21)23-15-18-5-7-19(8-6-18)16-24-12-9-17(2)10-13-24;/h5-8,17H,3-4,9-16H2,1-2H3,(H3,21,22,23);1H. The second kappa shape index (κ2) is 13.3. The molecule has 0 aromatic heterocycles. The molecule has 0 amide bonds. The molecule has 0 aliphatic carbocycles. The van der Waals surface area contributed by atoms with E-state index in [0.717, 1.165) is 38.6 Å². The Morgan fingerprint density at radius 2 is 1.88 bits per heavy atom. The van der Waals surface area contributed by atoms with Crippen LogP contribution >= 0.6 is 24.0 Å². The molecule has 1 aliphatic heterocycles. The predicted molar refractivity (Wildman–Crippen MR) is 120 cm³/mol. The van der Waals surface area contributed by atoms with Crippen molar-refractivity contribution in [2.45, 2.75) is 46.2 Å². The number of hydrogen-bond acceptors (Lipinski definition) is 3. The zero-order valence-corrected chi connectivity index (χ0v) is 18.6. The number of nitrogens with zero attached hydrogens (tertiary/aromatic N) is 2. The third-order valence-corrected chi connectivity index (χ3v) is 4.71. The van der Waals surface area contributed by atoms with E-state index in [1.807, 2.05) is 6.92 Å². The molecule has 0 spiro atoms. The number of halogens is 1. The molecule has 1 aromatic rings. The van der Waals surface area contributed by atoms with Crippen molar-refractivity contribution in [3.63, 3.8) is 0 Å². The molecule has 5 nitrogen and oxygen atoms in total. The molecule has 26 heavy (non-hydrogen) atoms. The summed E-state index contributed by atoms with van der Waals surface area (Å²) in [6, 6.07) is 8.75. The second-order valence-corrected chi connectivity index (χ2v) is 6.95. The van der Waals surface area contributed by atoms with Crippen molar-refractivity contribution in [1.29, 1.82) is 0 Å². The maximum Gasteiger partial charge on any atom is 0.188 e. The monoisotopic (exact) mass is 474 g/mol. The summed E-state index contributed by atoms with van der Waals surface area (Å²) >= 11 is 0. The van der Waals surface area contributed by atoms with E-state index in [-0.39, 0.29) is 24.0 Å². The summed E-state index contributed by atoms with van der Waals surface area (Å²) in [4.78, 5) is 6.95. The second-order valence-electron chi connectivity index (χ2n) is 6.95. The first-order valence-corrected chi connectivity index (χ1v) is 9.59. The van der Waals surface area contributed by atoms with Gasteiger partial charge in [-0.15, -0.1) is 24.0 Å². The topological polar surface area (TPSA) is 62.9 Å². The molecule has 1 heterocycles. The summed E-state index contributed by atoms with van der Waals surface area (Å²) in [5.74, 6) is 1.39. The van der Waals surface area contributed by atoms with E-state index in [1.165, 1.54) is 37.1 Å². The van der Waals surface area contributed by atoms with Gasteiger partial charge in [0.1, 0.15) is 0 Å². The molecule has 0 unspecified atom stereocenters. The fraction of sp³-hybridized carbons (Fsp3) is 0.650. The van der Waals surface area contributed by atoms with E-state index in [9.17, 15) is 0 Å². The summed E-state index contributed by atoms with van der Waals surface area (Å²) in [6.07, 6.45) is 3.58. The number of hydrogen-bond donors (Lipinski definition) is 2. The minimum atomic E-state index is 0. The van der Waals surface area contributed by atoms with Crippen LogP contribution in [0, 0.1) is 5.92 Å². The fourth-order valence-corrected chi connectivity index (χ4v) is 3.00. The number of benzene rings is 1. The van der Waals surface area contributed by atoms with Crippen LogP contribution in [-0.2, 0) is 17.8 Å². The first kappa shape index (κ1) is 23.2. The predicted octanol–water partition coefficient (Wildman–Crippen LogP) is 3.37. The number of ether oxygens (including phenoxy) is 1. The summed E-state index contributed by atoms with van der Waals surface area (Å²) < 4.78 is 5.29. The molecule has 148 valence electrons. The molecule has 0 atom stereocenters. The van der Waals surface area contributed by atoms with Crippen LogP contribution in [0.5, 0.6) is 0 Å². The first-order valence-electron chi connectivity index (χ1n) is 9.59. The molecule has 2 rings (SSSR count). The SMILES string of the molecule is CCOCCCNC(N)=NCc1ccc(CN2CCC(C)CC2)cc1.I. The lowest BCUT2D eigenvalue weighted by Gasteiger charge is -2.30. The fourth-order valence-electron chi connectivity index (χ4n) is 3.00. The van der Waals surface area contributed by atoms with E-state index >= 15 is 0 Å². The maximum absolute atomic E-state index is 5.89. The molecule has 0 saturated carbocycles. The zero-order chi connectivity index (χ0) is 17.9. The van der Waals surface area contributed by atoms with Gasteiger partial charge in [-0.05, 0) is 56.3 Å². The molecular weight excluding hydrogens is 439 g/mol. The minimum Gasteiger partial charge on any atom is -0.382 e. The van der Waals surface area contributed by atoms with Crippen LogP contribution in [0.1, 0.15) is 44.2 Å². The third kappa shape index (κ3) is 9.19. The molecule has 1 aromatic carbocycles.